The van der Waals surface area contributed by atoms with Crippen molar-refractivity contribution in [1.29, 1.82) is 0 Å². The van der Waals surface area contributed by atoms with Crippen molar-refractivity contribution in [2.45, 2.75) is 43.3 Å². The molecule has 1 aromatic carbocycles. The van der Waals surface area contributed by atoms with Crippen molar-refractivity contribution in [1.82, 2.24) is 19.5 Å². The van der Waals surface area contributed by atoms with E-state index in [0.717, 1.165) is 24.2 Å². The fraction of sp³-hybridized carbons (Fsp3) is 0.500. The molecule has 34 heavy (non-hydrogen) atoms. The number of nitrogens with one attached hydrogen (secondary N) is 1. The first-order valence-corrected chi connectivity index (χ1v) is 11.1. The molecule has 0 spiro atoms. The molecule has 1 aliphatic heterocycles. The molecule has 1 saturated heterocycles. The summed E-state index contributed by atoms with van der Waals surface area (Å²) in [5.74, 6) is 0.0984. The zero-order chi connectivity index (χ0) is 24.0. The minimum absolute atomic E-state index is 0.00297. The van der Waals surface area contributed by atoms with E-state index in [1.165, 1.54) is 18.5 Å². The fourth-order valence-corrected chi connectivity index (χ4v) is 4.92. The Morgan fingerprint density at radius 2 is 1.82 bits per heavy atom. The number of hydrogen-bond donors (Lipinski definition) is 4. The van der Waals surface area contributed by atoms with E-state index < -0.39 is 35.9 Å². The first-order valence-electron chi connectivity index (χ1n) is 11.1. The van der Waals surface area contributed by atoms with Crippen molar-refractivity contribution in [3.05, 3.63) is 42.5 Å². The monoisotopic (exact) mass is 478 g/mol. The first kappa shape index (κ1) is 22.8. The molecule has 5 atom stereocenters. The van der Waals surface area contributed by atoms with Crippen molar-refractivity contribution in [3.63, 3.8) is 0 Å². The molecule has 5 rings (SSSR count). The summed E-state index contributed by atoms with van der Waals surface area (Å²) in [6.07, 6.45) is -2.34. The molecule has 2 fully saturated rings. The molecule has 9 nitrogen and oxygen atoms in total. The Balaban J connectivity index is 1.31. The fourth-order valence-electron chi connectivity index (χ4n) is 4.92. The second-order valence-electron chi connectivity index (χ2n) is 8.89. The van der Waals surface area contributed by atoms with Crippen molar-refractivity contribution in [2.75, 3.05) is 29.9 Å². The smallest absolute Gasteiger partial charge is 0.396 e. The van der Waals surface area contributed by atoms with E-state index in [2.05, 4.69) is 20.3 Å². The molecule has 3 aromatic rings. The zero-order valence-electron chi connectivity index (χ0n) is 18.1. The van der Waals surface area contributed by atoms with Crippen LogP contribution in [0.25, 0.3) is 11.2 Å². The van der Waals surface area contributed by atoms with Crippen molar-refractivity contribution in [2.24, 2.45) is 5.92 Å². The van der Waals surface area contributed by atoms with Crippen molar-refractivity contribution in [3.8, 4) is 0 Å². The molecule has 0 bridgehead atoms. The van der Waals surface area contributed by atoms with E-state index >= 15 is 0 Å². The number of imidazole rings is 1. The van der Waals surface area contributed by atoms with Crippen molar-refractivity contribution >= 4 is 22.7 Å². The van der Waals surface area contributed by atoms with Crippen LogP contribution in [0.15, 0.2) is 36.9 Å². The molecular formula is C22H25F3N6O3. The van der Waals surface area contributed by atoms with Gasteiger partial charge in [-0.2, -0.15) is 13.2 Å². The third kappa shape index (κ3) is 4.05. The van der Waals surface area contributed by atoms with Crippen LogP contribution in [-0.2, 0) is 6.18 Å². The lowest BCUT2D eigenvalue weighted by Gasteiger charge is -2.20. The van der Waals surface area contributed by atoms with Gasteiger partial charge >= 0.3 is 6.18 Å². The van der Waals surface area contributed by atoms with Crippen LogP contribution in [0.5, 0.6) is 0 Å². The number of benzene rings is 1. The number of nitrogens with zero attached hydrogens (tertiary/aromatic N) is 5. The molecule has 2 aromatic heterocycles. The molecule has 3 heterocycles. The topological polar surface area (TPSA) is 120 Å². The predicted octanol–water partition coefficient (Wildman–Crippen LogP) is 1.81. The van der Waals surface area contributed by atoms with Gasteiger partial charge in [0, 0.05) is 37.3 Å². The van der Waals surface area contributed by atoms with Gasteiger partial charge in [0.1, 0.15) is 17.9 Å². The maximum atomic E-state index is 12.8. The molecule has 0 amide bonds. The Morgan fingerprint density at radius 1 is 1.06 bits per heavy atom. The van der Waals surface area contributed by atoms with Crippen LogP contribution in [0.1, 0.15) is 24.4 Å². The number of hydrogen-bond acceptors (Lipinski definition) is 8. The maximum absolute atomic E-state index is 12.8. The summed E-state index contributed by atoms with van der Waals surface area (Å²) in [5.41, 5.74) is 1.07. The Morgan fingerprint density at radius 3 is 2.50 bits per heavy atom. The number of anilines is 2. The summed E-state index contributed by atoms with van der Waals surface area (Å²) in [5, 5.41) is 33.4. The normalized spacial score (nSPS) is 27.6. The van der Waals surface area contributed by atoms with Gasteiger partial charge in [-0.05, 0) is 37.1 Å². The SMILES string of the molecule is OCC1C[C@@H](n2cnc3c(N[C@H]4CCN(c5ccc(C(F)(F)F)cc5)C4)ncnc32)[C@H](O)[C@@H]1O. The molecule has 182 valence electrons. The predicted molar refractivity (Wildman–Crippen MR) is 117 cm³/mol. The van der Waals surface area contributed by atoms with E-state index in [0.29, 0.717) is 36.5 Å². The van der Waals surface area contributed by atoms with E-state index in [1.54, 1.807) is 10.9 Å². The Labute approximate surface area is 192 Å². The van der Waals surface area contributed by atoms with Gasteiger partial charge in [-0.15, -0.1) is 0 Å². The molecular weight excluding hydrogens is 453 g/mol. The van der Waals surface area contributed by atoms with E-state index in [9.17, 15) is 28.5 Å². The van der Waals surface area contributed by atoms with Crippen LogP contribution in [0.4, 0.5) is 24.7 Å². The van der Waals surface area contributed by atoms with E-state index in [1.807, 2.05) is 4.90 Å². The summed E-state index contributed by atoms with van der Waals surface area (Å²) in [6.45, 7) is 1.05. The largest absolute Gasteiger partial charge is 0.416 e. The van der Waals surface area contributed by atoms with Gasteiger partial charge in [0.05, 0.1) is 24.0 Å². The van der Waals surface area contributed by atoms with Crippen LogP contribution in [0.3, 0.4) is 0 Å². The molecule has 2 aliphatic rings. The van der Waals surface area contributed by atoms with Gasteiger partial charge in [0.25, 0.3) is 0 Å². The lowest BCUT2D eigenvalue weighted by Crippen LogP contribution is -2.30. The van der Waals surface area contributed by atoms with Gasteiger partial charge in [0.2, 0.25) is 0 Å². The standard InChI is InChI=1S/C22H25F3N6O3/c23-22(24,25)13-1-3-15(4-2-13)30-6-5-14(8-30)29-20-17-21(27-10-26-20)31(11-28-17)16-7-12(9-32)18(33)19(16)34/h1-4,10-12,14,16,18-19,32-34H,5-9H2,(H,26,27,29)/t12?,14-,16+,18+,19-/m0/s1. The minimum Gasteiger partial charge on any atom is -0.396 e. The number of fused-ring (bicyclic) bond motifs is 1. The maximum Gasteiger partial charge on any atom is 0.416 e. The Bertz CT molecular complexity index is 1150. The second kappa shape index (κ2) is 8.67. The van der Waals surface area contributed by atoms with Gasteiger partial charge in [-0.1, -0.05) is 0 Å². The van der Waals surface area contributed by atoms with Gasteiger partial charge in [-0.3, -0.25) is 0 Å². The quantitative estimate of drug-likeness (QED) is 0.439. The highest BCUT2D eigenvalue weighted by atomic mass is 19.4. The highest BCUT2D eigenvalue weighted by molar-refractivity contribution is 5.83. The molecule has 4 N–H and O–H groups in total. The zero-order valence-corrected chi connectivity index (χ0v) is 18.1. The summed E-state index contributed by atoms with van der Waals surface area (Å²) in [7, 11) is 0. The molecule has 12 heteroatoms. The van der Waals surface area contributed by atoms with Crippen LogP contribution in [-0.4, -0.2) is 72.8 Å². The van der Waals surface area contributed by atoms with Gasteiger partial charge in [-0.25, -0.2) is 15.0 Å². The third-order valence-electron chi connectivity index (χ3n) is 6.81. The lowest BCUT2D eigenvalue weighted by atomic mass is 10.1. The van der Waals surface area contributed by atoms with E-state index in [4.69, 9.17) is 0 Å². The summed E-state index contributed by atoms with van der Waals surface area (Å²) < 4.78 is 40.2. The number of aromatic nitrogens is 4. The van der Waals surface area contributed by atoms with Gasteiger partial charge < -0.3 is 30.1 Å². The molecule has 0 radical (unpaired) electrons. The van der Waals surface area contributed by atoms with Crippen LogP contribution < -0.4 is 10.2 Å². The Kier molecular flexibility index (Phi) is 5.82. The summed E-state index contributed by atoms with van der Waals surface area (Å²) in [6, 6.07) is 4.68. The Hall–Kier alpha value is -2.96. The second-order valence-corrected chi connectivity index (χ2v) is 8.89. The highest BCUT2D eigenvalue weighted by Crippen LogP contribution is 2.37. The van der Waals surface area contributed by atoms with E-state index in [-0.39, 0.29) is 12.6 Å². The highest BCUT2D eigenvalue weighted by Gasteiger charge is 2.42. The van der Waals surface area contributed by atoms with Crippen LogP contribution in [0, 0.1) is 5.92 Å². The average molecular weight is 478 g/mol. The van der Waals surface area contributed by atoms with Crippen LogP contribution >= 0.6 is 0 Å². The number of rotatable bonds is 5. The number of aliphatic hydroxyl groups excluding tert-OH is 3. The number of alkyl halides is 3. The van der Waals surface area contributed by atoms with Crippen molar-refractivity contribution < 1.29 is 28.5 Å². The third-order valence-corrected chi connectivity index (χ3v) is 6.81. The minimum atomic E-state index is -4.36. The lowest BCUT2D eigenvalue weighted by molar-refractivity contribution is -0.137. The van der Waals surface area contributed by atoms with Gasteiger partial charge in [0.15, 0.2) is 11.5 Å². The first-order chi connectivity index (χ1) is 16.3. The molecule has 1 unspecified atom stereocenters. The summed E-state index contributed by atoms with van der Waals surface area (Å²) >= 11 is 0. The average Bonchev–Trinajstić information content (AvgIpc) is 3.52. The summed E-state index contributed by atoms with van der Waals surface area (Å²) in [4.78, 5) is 15.1. The molecule has 1 aliphatic carbocycles. The number of aliphatic hydroxyl groups is 3. The van der Waals surface area contributed by atoms with Crippen LogP contribution in [0.2, 0.25) is 0 Å². The molecule has 1 saturated carbocycles. The number of halogens is 3.